The van der Waals surface area contributed by atoms with E-state index in [-0.39, 0.29) is 5.69 Å². The summed E-state index contributed by atoms with van der Waals surface area (Å²) in [6.45, 7) is 1.76. The third kappa shape index (κ3) is 1.87. The number of hydrogen-bond acceptors (Lipinski definition) is 4. The third-order valence-corrected chi connectivity index (χ3v) is 2.30. The highest BCUT2D eigenvalue weighted by atomic mass is 35.5. The van der Waals surface area contributed by atoms with Crippen LogP contribution in [0.3, 0.4) is 0 Å². The number of aromatic carboxylic acids is 1. The van der Waals surface area contributed by atoms with E-state index in [1.807, 2.05) is 0 Å². The van der Waals surface area contributed by atoms with Crippen molar-refractivity contribution in [1.82, 2.24) is 19.7 Å². The van der Waals surface area contributed by atoms with Gasteiger partial charge in [0.05, 0.1) is 29.3 Å². The molecule has 0 aliphatic rings. The van der Waals surface area contributed by atoms with Crippen molar-refractivity contribution in [2.75, 3.05) is 0 Å². The van der Waals surface area contributed by atoms with Crippen molar-refractivity contribution >= 4 is 17.6 Å². The Hall–Kier alpha value is -1.95. The fraction of sp³-hybridized carbons (Fsp3) is 0.111. The standard InChI is InChI=1S/C9H7ClN4O2/c1-5-6(10)4-14(13-5)8-3-11-7(2-12-8)9(15)16/h2-4H,1H3,(H,15,16). The molecule has 0 atom stereocenters. The summed E-state index contributed by atoms with van der Waals surface area (Å²) < 4.78 is 1.44. The Labute approximate surface area is 95.5 Å². The lowest BCUT2D eigenvalue weighted by Gasteiger charge is -1.99. The molecule has 0 aromatic carbocycles. The molecule has 2 rings (SSSR count). The number of carbonyl (C=O) groups is 1. The minimum Gasteiger partial charge on any atom is -0.476 e. The summed E-state index contributed by atoms with van der Waals surface area (Å²) in [6.07, 6.45) is 4.08. The Morgan fingerprint density at radius 3 is 2.62 bits per heavy atom. The van der Waals surface area contributed by atoms with Crippen molar-refractivity contribution in [3.05, 3.63) is 35.0 Å². The average molecular weight is 239 g/mol. The van der Waals surface area contributed by atoms with Crippen molar-refractivity contribution in [1.29, 1.82) is 0 Å². The molecule has 0 aliphatic carbocycles. The second kappa shape index (κ2) is 3.90. The molecule has 82 valence electrons. The lowest BCUT2D eigenvalue weighted by Crippen LogP contribution is -2.04. The summed E-state index contributed by atoms with van der Waals surface area (Å²) in [5.41, 5.74) is 0.560. The van der Waals surface area contributed by atoms with E-state index in [0.717, 1.165) is 0 Å². The summed E-state index contributed by atoms with van der Waals surface area (Å²) in [6, 6.07) is 0. The lowest BCUT2D eigenvalue weighted by molar-refractivity contribution is 0.0690. The van der Waals surface area contributed by atoms with Gasteiger partial charge in [0.25, 0.3) is 0 Å². The van der Waals surface area contributed by atoms with E-state index < -0.39 is 5.97 Å². The maximum atomic E-state index is 10.6. The number of carboxylic acids is 1. The van der Waals surface area contributed by atoms with Crippen LogP contribution in [0.2, 0.25) is 5.02 Å². The van der Waals surface area contributed by atoms with Crippen LogP contribution in [0.4, 0.5) is 0 Å². The minimum absolute atomic E-state index is 0.112. The molecule has 16 heavy (non-hydrogen) atoms. The van der Waals surface area contributed by atoms with Crippen molar-refractivity contribution in [3.8, 4) is 5.82 Å². The molecule has 1 N–H and O–H groups in total. The predicted molar refractivity (Wildman–Crippen MR) is 55.9 cm³/mol. The van der Waals surface area contributed by atoms with Crippen LogP contribution in [-0.2, 0) is 0 Å². The van der Waals surface area contributed by atoms with E-state index >= 15 is 0 Å². The summed E-state index contributed by atoms with van der Waals surface area (Å²) in [5.74, 6) is -0.700. The minimum atomic E-state index is -1.12. The van der Waals surface area contributed by atoms with Crippen LogP contribution in [0.25, 0.3) is 5.82 Å². The first-order valence-corrected chi connectivity index (χ1v) is 4.73. The van der Waals surface area contributed by atoms with Crippen LogP contribution in [0, 0.1) is 6.92 Å². The van der Waals surface area contributed by atoms with Crippen LogP contribution in [-0.4, -0.2) is 30.8 Å². The number of aryl methyl sites for hydroxylation is 1. The molecule has 0 saturated heterocycles. The second-order valence-electron chi connectivity index (χ2n) is 3.07. The molecule has 2 aromatic heterocycles. The molecule has 0 bridgehead atoms. The van der Waals surface area contributed by atoms with E-state index in [2.05, 4.69) is 15.1 Å². The number of rotatable bonds is 2. The van der Waals surface area contributed by atoms with Gasteiger partial charge in [0.2, 0.25) is 0 Å². The third-order valence-electron chi connectivity index (χ3n) is 1.93. The number of halogens is 1. The molecular formula is C9H7ClN4O2. The number of nitrogens with zero attached hydrogens (tertiary/aromatic N) is 4. The van der Waals surface area contributed by atoms with Gasteiger partial charge < -0.3 is 5.11 Å². The molecular weight excluding hydrogens is 232 g/mol. The second-order valence-corrected chi connectivity index (χ2v) is 3.48. The molecule has 0 saturated carbocycles. The first-order valence-electron chi connectivity index (χ1n) is 4.35. The van der Waals surface area contributed by atoms with Crippen LogP contribution < -0.4 is 0 Å². The average Bonchev–Trinajstić information content (AvgIpc) is 2.59. The smallest absolute Gasteiger partial charge is 0.356 e. The lowest BCUT2D eigenvalue weighted by atomic mass is 10.4. The van der Waals surface area contributed by atoms with E-state index in [0.29, 0.717) is 16.5 Å². The van der Waals surface area contributed by atoms with Gasteiger partial charge in [-0.1, -0.05) is 11.6 Å². The van der Waals surface area contributed by atoms with E-state index in [9.17, 15) is 4.79 Å². The van der Waals surface area contributed by atoms with Gasteiger partial charge in [-0.05, 0) is 6.92 Å². The van der Waals surface area contributed by atoms with Gasteiger partial charge in [-0.2, -0.15) is 5.10 Å². The maximum Gasteiger partial charge on any atom is 0.356 e. The molecule has 7 heteroatoms. The van der Waals surface area contributed by atoms with Gasteiger partial charge in [0, 0.05) is 0 Å². The van der Waals surface area contributed by atoms with Crippen LogP contribution in [0.5, 0.6) is 0 Å². The Morgan fingerprint density at radius 1 is 1.44 bits per heavy atom. The highest BCUT2D eigenvalue weighted by Crippen LogP contribution is 2.14. The van der Waals surface area contributed by atoms with Crippen molar-refractivity contribution < 1.29 is 9.90 Å². The molecule has 2 aromatic rings. The van der Waals surface area contributed by atoms with Crippen molar-refractivity contribution in [2.45, 2.75) is 6.92 Å². The zero-order valence-corrected chi connectivity index (χ0v) is 9.01. The molecule has 6 nitrogen and oxygen atoms in total. The molecule has 0 radical (unpaired) electrons. The van der Waals surface area contributed by atoms with Gasteiger partial charge >= 0.3 is 5.97 Å². The molecule has 2 heterocycles. The van der Waals surface area contributed by atoms with Gasteiger partial charge in [0.15, 0.2) is 11.5 Å². The first kappa shape index (κ1) is 10.6. The first-order chi connectivity index (χ1) is 7.58. The van der Waals surface area contributed by atoms with Gasteiger partial charge in [-0.15, -0.1) is 0 Å². The van der Waals surface area contributed by atoms with Crippen LogP contribution in [0.1, 0.15) is 16.2 Å². The normalized spacial score (nSPS) is 10.4. The zero-order chi connectivity index (χ0) is 11.7. The fourth-order valence-corrected chi connectivity index (χ4v) is 1.24. The number of carboxylic acid groups (broad SMARTS) is 1. The topological polar surface area (TPSA) is 80.9 Å². The Morgan fingerprint density at radius 2 is 2.19 bits per heavy atom. The van der Waals surface area contributed by atoms with Crippen molar-refractivity contribution in [2.24, 2.45) is 0 Å². The molecule has 0 fully saturated rings. The van der Waals surface area contributed by atoms with Gasteiger partial charge in [-0.3, -0.25) is 0 Å². The predicted octanol–water partition coefficient (Wildman–Crippen LogP) is 1.32. The van der Waals surface area contributed by atoms with E-state index in [1.54, 1.807) is 13.1 Å². The highest BCUT2D eigenvalue weighted by molar-refractivity contribution is 6.31. The summed E-state index contributed by atoms with van der Waals surface area (Å²) >= 11 is 5.84. The molecule has 0 amide bonds. The van der Waals surface area contributed by atoms with E-state index in [1.165, 1.54) is 17.1 Å². The fourth-order valence-electron chi connectivity index (χ4n) is 1.11. The zero-order valence-electron chi connectivity index (χ0n) is 8.25. The van der Waals surface area contributed by atoms with Crippen LogP contribution >= 0.6 is 11.6 Å². The molecule has 0 spiro atoms. The Bertz CT molecular complexity index is 515. The molecule has 0 aliphatic heterocycles. The largest absolute Gasteiger partial charge is 0.476 e. The quantitative estimate of drug-likeness (QED) is 0.853. The summed E-state index contributed by atoms with van der Waals surface area (Å²) in [5, 5.41) is 13.3. The highest BCUT2D eigenvalue weighted by Gasteiger charge is 2.08. The monoisotopic (exact) mass is 238 g/mol. The van der Waals surface area contributed by atoms with Crippen LogP contribution in [0.15, 0.2) is 18.6 Å². The van der Waals surface area contributed by atoms with Gasteiger partial charge in [0.1, 0.15) is 0 Å². The molecule has 0 unspecified atom stereocenters. The Balaban J connectivity index is 2.38. The number of hydrogen-bond donors (Lipinski definition) is 1. The number of aromatic nitrogens is 4. The van der Waals surface area contributed by atoms with Crippen molar-refractivity contribution in [3.63, 3.8) is 0 Å². The van der Waals surface area contributed by atoms with E-state index in [4.69, 9.17) is 16.7 Å². The van der Waals surface area contributed by atoms with Gasteiger partial charge in [-0.25, -0.2) is 19.4 Å². The summed E-state index contributed by atoms with van der Waals surface area (Å²) in [4.78, 5) is 18.2. The maximum absolute atomic E-state index is 10.6. The Kier molecular flexibility index (Phi) is 2.57. The SMILES string of the molecule is Cc1nn(-c2cnc(C(=O)O)cn2)cc1Cl. The summed E-state index contributed by atoms with van der Waals surface area (Å²) in [7, 11) is 0.